The minimum absolute atomic E-state index is 0.111. The molecule has 0 bridgehead atoms. The molecule has 0 unspecified atom stereocenters. The Bertz CT molecular complexity index is 996. The van der Waals surface area contributed by atoms with Gasteiger partial charge >= 0.3 is 0 Å². The minimum Gasteiger partial charge on any atom is -0.349 e. The average Bonchev–Trinajstić information content (AvgIpc) is 3.41. The van der Waals surface area contributed by atoms with Crippen LogP contribution in [-0.4, -0.2) is 27.8 Å². The number of aromatic nitrogens is 2. The summed E-state index contributed by atoms with van der Waals surface area (Å²) in [4.78, 5) is 34.1. The van der Waals surface area contributed by atoms with Crippen LogP contribution in [0.25, 0.3) is 10.7 Å². The number of aryl methyl sites for hydroxylation is 1. The predicted octanol–water partition coefficient (Wildman–Crippen LogP) is 3.66. The van der Waals surface area contributed by atoms with Gasteiger partial charge in [-0.25, -0.2) is 4.98 Å². The van der Waals surface area contributed by atoms with E-state index in [4.69, 9.17) is 0 Å². The van der Waals surface area contributed by atoms with Crippen LogP contribution in [0.2, 0.25) is 0 Å². The number of carbonyl (C=O) groups is 2. The topological polar surface area (TPSA) is 84.0 Å². The van der Waals surface area contributed by atoms with E-state index in [0.717, 1.165) is 18.5 Å². The number of amides is 2. The maximum absolute atomic E-state index is 12.7. The maximum Gasteiger partial charge on any atom is 0.267 e. The molecule has 6 nitrogen and oxygen atoms in total. The number of nitrogens with zero attached hydrogens (tertiary/aromatic N) is 2. The van der Waals surface area contributed by atoms with Crippen molar-refractivity contribution in [2.24, 2.45) is 0 Å². The van der Waals surface area contributed by atoms with Crippen LogP contribution in [0.5, 0.6) is 0 Å². The summed E-state index contributed by atoms with van der Waals surface area (Å²) < 4.78 is 0. The van der Waals surface area contributed by atoms with Gasteiger partial charge in [-0.3, -0.25) is 14.6 Å². The second-order valence-electron chi connectivity index (χ2n) is 6.43. The third-order valence-corrected chi connectivity index (χ3v) is 5.36. The zero-order chi connectivity index (χ0) is 18.8. The molecule has 2 aromatic heterocycles. The Kier molecular flexibility index (Phi) is 4.68. The Labute approximate surface area is 160 Å². The highest BCUT2D eigenvalue weighted by Gasteiger charge is 2.24. The number of nitrogens with one attached hydrogen (secondary N) is 2. The van der Waals surface area contributed by atoms with Crippen LogP contribution in [0.15, 0.2) is 48.7 Å². The highest BCUT2D eigenvalue weighted by molar-refractivity contribution is 7.17. The van der Waals surface area contributed by atoms with E-state index in [2.05, 4.69) is 20.6 Å². The smallest absolute Gasteiger partial charge is 0.267 e. The standard InChI is InChI=1S/C20H18N4O2S/c1-12-17(27-20(22-12)16-7-2-3-10-21-16)19(26)24-15-6-4-5-13(11-15)18(25)23-14-8-9-14/h2-7,10-11,14H,8-9H2,1H3,(H,23,25)(H,24,26). The third-order valence-electron chi connectivity index (χ3n) is 4.18. The molecule has 4 rings (SSSR count). The van der Waals surface area contributed by atoms with E-state index in [1.165, 1.54) is 11.3 Å². The Morgan fingerprint density at radius 2 is 1.96 bits per heavy atom. The lowest BCUT2D eigenvalue weighted by Gasteiger charge is -2.07. The molecule has 0 saturated heterocycles. The number of rotatable bonds is 5. The normalized spacial score (nSPS) is 13.2. The second kappa shape index (κ2) is 7.28. The third kappa shape index (κ3) is 4.03. The minimum atomic E-state index is -0.244. The molecule has 1 fully saturated rings. The maximum atomic E-state index is 12.7. The van der Waals surface area contributed by atoms with Gasteiger partial charge in [0.05, 0.1) is 11.4 Å². The lowest BCUT2D eigenvalue weighted by molar-refractivity contribution is 0.0949. The highest BCUT2D eigenvalue weighted by Crippen LogP contribution is 2.27. The molecule has 0 atom stereocenters. The molecule has 2 heterocycles. The average molecular weight is 378 g/mol. The number of thiazole rings is 1. The van der Waals surface area contributed by atoms with E-state index in [1.54, 1.807) is 37.4 Å². The molecular weight excluding hydrogens is 360 g/mol. The van der Waals surface area contributed by atoms with Gasteiger partial charge in [-0.2, -0.15) is 0 Å². The molecule has 3 aromatic rings. The highest BCUT2D eigenvalue weighted by atomic mass is 32.1. The molecule has 7 heteroatoms. The largest absolute Gasteiger partial charge is 0.349 e. The van der Waals surface area contributed by atoms with Crippen molar-refractivity contribution in [3.63, 3.8) is 0 Å². The molecule has 2 amide bonds. The number of hydrogen-bond donors (Lipinski definition) is 2. The van der Waals surface area contributed by atoms with E-state index >= 15 is 0 Å². The van der Waals surface area contributed by atoms with Crippen molar-refractivity contribution in [3.05, 3.63) is 64.8 Å². The second-order valence-corrected chi connectivity index (χ2v) is 7.43. The summed E-state index contributed by atoms with van der Waals surface area (Å²) in [6.45, 7) is 1.80. The Morgan fingerprint density at radius 3 is 2.70 bits per heavy atom. The fraction of sp³-hybridized carbons (Fsp3) is 0.200. The van der Waals surface area contributed by atoms with Crippen LogP contribution >= 0.6 is 11.3 Å². The number of benzene rings is 1. The van der Waals surface area contributed by atoms with Gasteiger partial charge in [-0.05, 0) is 50.1 Å². The zero-order valence-corrected chi connectivity index (χ0v) is 15.5. The van der Waals surface area contributed by atoms with Crippen LogP contribution in [0.1, 0.15) is 38.6 Å². The van der Waals surface area contributed by atoms with Gasteiger partial charge in [0.2, 0.25) is 0 Å². The molecule has 1 aliphatic carbocycles. The molecule has 0 radical (unpaired) electrons. The SMILES string of the molecule is Cc1nc(-c2ccccn2)sc1C(=O)Nc1cccc(C(=O)NC2CC2)c1. The molecule has 0 aliphatic heterocycles. The molecule has 1 aromatic carbocycles. The number of carbonyl (C=O) groups excluding carboxylic acids is 2. The van der Waals surface area contributed by atoms with E-state index in [0.29, 0.717) is 32.9 Å². The lowest BCUT2D eigenvalue weighted by atomic mass is 10.2. The summed E-state index contributed by atoms with van der Waals surface area (Å²) in [6.07, 6.45) is 3.76. The molecular formula is C20H18N4O2S. The monoisotopic (exact) mass is 378 g/mol. The van der Waals surface area contributed by atoms with Crippen LogP contribution in [-0.2, 0) is 0 Å². The van der Waals surface area contributed by atoms with Crippen LogP contribution in [0.3, 0.4) is 0 Å². The van der Waals surface area contributed by atoms with Gasteiger partial charge in [0.25, 0.3) is 11.8 Å². The predicted molar refractivity (Wildman–Crippen MR) is 105 cm³/mol. The van der Waals surface area contributed by atoms with Crippen molar-refractivity contribution in [3.8, 4) is 10.7 Å². The van der Waals surface area contributed by atoms with Crippen LogP contribution in [0.4, 0.5) is 5.69 Å². The first-order valence-corrected chi connectivity index (χ1v) is 9.53. The first-order chi connectivity index (χ1) is 13.1. The van der Waals surface area contributed by atoms with Gasteiger partial charge in [-0.15, -0.1) is 11.3 Å². The van der Waals surface area contributed by atoms with Gasteiger partial charge < -0.3 is 10.6 Å². The van der Waals surface area contributed by atoms with Crippen molar-refractivity contribution >= 4 is 28.8 Å². The van der Waals surface area contributed by atoms with E-state index in [1.807, 2.05) is 18.2 Å². The molecule has 27 heavy (non-hydrogen) atoms. The molecule has 136 valence electrons. The van der Waals surface area contributed by atoms with Gasteiger partial charge in [0, 0.05) is 23.5 Å². The van der Waals surface area contributed by atoms with E-state index < -0.39 is 0 Å². The van der Waals surface area contributed by atoms with Crippen molar-refractivity contribution < 1.29 is 9.59 Å². The molecule has 1 aliphatic rings. The van der Waals surface area contributed by atoms with Crippen molar-refractivity contribution in [1.29, 1.82) is 0 Å². The fourth-order valence-electron chi connectivity index (χ4n) is 2.63. The first-order valence-electron chi connectivity index (χ1n) is 8.71. The molecule has 2 N–H and O–H groups in total. The number of hydrogen-bond acceptors (Lipinski definition) is 5. The van der Waals surface area contributed by atoms with Gasteiger partial charge in [-0.1, -0.05) is 12.1 Å². The molecule has 0 spiro atoms. The van der Waals surface area contributed by atoms with Crippen molar-refractivity contribution in [1.82, 2.24) is 15.3 Å². The Hall–Kier alpha value is -3.06. The van der Waals surface area contributed by atoms with Gasteiger partial charge in [0.15, 0.2) is 0 Å². The summed E-state index contributed by atoms with van der Waals surface area (Å²) in [5.74, 6) is -0.355. The fourth-order valence-corrected chi connectivity index (χ4v) is 3.57. The first kappa shape index (κ1) is 17.4. The van der Waals surface area contributed by atoms with Gasteiger partial charge in [0.1, 0.15) is 9.88 Å². The quantitative estimate of drug-likeness (QED) is 0.710. The number of anilines is 1. The summed E-state index contributed by atoms with van der Waals surface area (Å²) in [5.41, 5.74) is 2.51. The number of pyridine rings is 1. The van der Waals surface area contributed by atoms with E-state index in [9.17, 15) is 9.59 Å². The summed E-state index contributed by atoms with van der Waals surface area (Å²) in [6, 6.07) is 12.8. The van der Waals surface area contributed by atoms with Crippen LogP contribution in [0, 0.1) is 6.92 Å². The Morgan fingerprint density at radius 1 is 1.11 bits per heavy atom. The Balaban J connectivity index is 1.51. The van der Waals surface area contributed by atoms with Crippen molar-refractivity contribution in [2.75, 3.05) is 5.32 Å². The van der Waals surface area contributed by atoms with Crippen molar-refractivity contribution in [2.45, 2.75) is 25.8 Å². The summed E-state index contributed by atoms with van der Waals surface area (Å²) in [5, 5.41) is 6.51. The molecule has 1 saturated carbocycles. The lowest BCUT2D eigenvalue weighted by Crippen LogP contribution is -2.25. The van der Waals surface area contributed by atoms with Crippen LogP contribution < -0.4 is 10.6 Å². The summed E-state index contributed by atoms with van der Waals surface area (Å²) >= 11 is 1.30. The zero-order valence-electron chi connectivity index (χ0n) is 14.7. The summed E-state index contributed by atoms with van der Waals surface area (Å²) in [7, 11) is 0. The van der Waals surface area contributed by atoms with E-state index in [-0.39, 0.29) is 11.8 Å².